The molecule has 0 spiro atoms. The molecule has 1 aliphatic rings. The van der Waals surface area contributed by atoms with Crippen molar-refractivity contribution in [3.8, 4) is 17.1 Å². The molecular formula is C20H16ClN5OS. The molecule has 28 heavy (non-hydrogen) atoms. The Morgan fingerprint density at radius 1 is 1.07 bits per heavy atom. The lowest BCUT2D eigenvalue weighted by Gasteiger charge is -2.08. The topological polar surface area (TPSA) is 69.6 Å². The summed E-state index contributed by atoms with van der Waals surface area (Å²) in [7, 11) is 0. The van der Waals surface area contributed by atoms with Crippen molar-refractivity contribution in [2.24, 2.45) is 0 Å². The van der Waals surface area contributed by atoms with Crippen LogP contribution in [0.25, 0.3) is 17.1 Å². The average Bonchev–Trinajstić information content (AvgIpc) is 3.30. The Kier molecular flexibility index (Phi) is 4.62. The molecule has 0 aliphatic heterocycles. The van der Waals surface area contributed by atoms with E-state index >= 15 is 0 Å². The Labute approximate surface area is 170 Å². The summed E-state index contributed by atoms with van der Waals surface area (Å²) >= 11 is 7.58. The second-order valence-corrected chi connectivity index (χ2v) is 7.98. The number of hydrogen-bond donors (Lipinski definition) is 0. The molecule has 1 aliphatic carbocycles. The molecule has 5 rings (SSSR count). The second-order valence-electron chi connectivity index (χ2n) is 6.60. The highest BCUT2D eigenvalue weighted by molar-refractivity contribution is 7.98. The summed E-state index contributed by atoms with van der Waals surface area (Å²) in [5.74, 6) is 3.11. The molecule has 2 heterocycles. The van der Waals surface area contributed by atoms with Crippen molar-refractivity contribution in [3.63, 3.8) is 0 Å². The zero-order valence-corrected chi connectivity index (χ0v) is 16.4. The number of rotatable bonds is 6. The van der Waals surface area contributed by atoms with E-state index in [1.165, 1.54) is 24.6 Å². The molecule has 8 heteroatoms. The Morgan fingerprint density at radius 3 is 2.71 bits per heavy atom. The van der Waals surface area contributed by atoms with Crippen LogP contribution in [0.2, 0.25) is 5.02 Å². The monoisotopic (exact) mass is 409 g/mol. The minimum absolute atomic E-state index is 0.500. The number of nitrogens with zero attached hydrogens (tertiary/aromatic N) is 5. The average molecular weight is 410 g/mol. The predicted octanol–water partition coefficient (Wildman–Crippen LogP) is 5.14. The molecule has 0 atom stereocenters. The van der Waals surface area contributed by atoms with Gasteiger partial charge in [0.1, 0.15) is 5.82 Å². The van der Waals surface area contributed by atoms with Crippen LogP contribution >= 0.6 is 23.4 Å². The van der Waals surface area contributed by atoms with E-state index in [1.54, 1.807) is 0 Å². The van der Waals surface area contributed by atoms with E-state index in [0.717, 1.165) is 22.2 Å². The van der Waals surface area contributed by atoms with Crippen LogP contribution in [0, 0.1) is 0 Å². The van der Waals surface area contributed by atoms with Gasteiger partial charge in [0.05, 0.1) is 5.75 Å². The van der Waals surface area contributed by atoms with Crippen LogP contribution in [0.15, 0.2) is 64.3 Å². The van der Waals surface area contributed by atoms with E-state index in [-0.39, 0.29) is 0 Å². The number of aromatic nitrogens is 5. The molecule has 0 amide bonds. The molecule has 0 radical (unpaired) electrons. The molecule has 2 aromatic carbocycles. The first-order chi connectivity index (χ1) is 13.8. The first kappa shape index (κ1) is 17.5. The van der Waals surface area contributed by atoms with Gasteiger partial charge in [0.25, 0.3) is 0 Å². The van der Waals surface area contributed by atoms with E-state index in [4.69, 9.17) is 16.1 Å². The van der Waals surface area contributed by atoms with Gasteiger partial charge in [-0.3, -0.25) is 4.57 Å². The summed E-state index contributed by atoms with van der Waals surface area (Å²) in [6.45, 7) is 0. The molecular weight excluding hydrogens is 394 g/mol. The van der Waals surface area contributed by atoms with Crippen LogP contribution in [0.3, 0.4) is 0 Å². The Morgan fingerprint density at radius 2 is 1.93 bits per heavy atom. The maximum Gasteiger partial charge on any atom is 0.237 e. The van der Waals surface area contributed by atoms with E-state index in [1.807, 2.05) is 42.5 Å². The molecule has 0 unspecified atom stereocenters. The van der Waals surface area contributed by atoms with E-state index in [9.17, 15) is 0 Å². The van der Waals surface area contributed by atoms with Gasteiger partial charge in [-0.05, 0) is 37.1 Å². The summed E-state index contributed by atoms with van der Waals surface area (Å²) in [5, 5.41) is 14.4. The van der Waals surface area contributed by atoms with Gasteiger partial charge >= 0.3 is 0 Å². The largest absolute Gasteiger partial charge is 0.338 e. The lowest BCUT2D eigenvalue weighted by molar-refractivity contribution is 0.391. The van der Waals surface area contributed by atoms with Gasteiger partial charge in [-0.25, -0.2) is 0 Å². The van der Waals surface area contributed by atoms with Crippen LogP contribution in [-0.2, 0) is 5.75 Å². The van der Waals surface area contributed by atoms with Crippen LogP contribution in [-0.4, -0.2) is 24.9 Å². The SMILES string of the molecule is Clc1cccc(-c2noc(CSc3nnc(C4CC4)n3-c3ccccc3)n2)c1. The molecule has 140 valence electrons. The fourth-order valence-electron chi connectivity index (χ4n) is 2.98. The molecule has 2 aromatic heterocycles. The summed E-state index contributed by atoms with van der Waals surface area (Å²) in [4.78, 5) is 4.48. The van der Waals surface area contributed by atoms with Gasteiger partial charge < -0.3 is 4.52 Å². The number of halogens is 1. The third kappa shape index (κ3) is 3.55. The fraction of sp³-hybridized carbons (Fsp3) is 0.200. The van der Waals surface area contributed by atoms with Crippen LogP contribution in [0.5, 0.6) is 0 Å². The molecule has 0 saturated heterocycles. The molecule has 1 fully saturated rings. The summed E-state index contributed by atoms with van der Waals surface area (Å²) < 4.78 is 7.55. The molecule has 0 N–H and O–H groups in total. The highest BCUT2D eigenvalue weighted by atomic mass is 35.5. The quantitative estimate of drug-likeness (QED) is 0.410. The van der Waals surface area contributed by atoms with Crippen LogP contribution in [0.4, 0.5) is 0 Å². The minimum atomic E-state index is 0.500. The molecule has 1 saturated carbocycles. The van der Waals surface area contributed by atoms with E-state index in [0.29, 0.717) is 28.4 Å². The number of thioether (sulfide) groups is 1. The van der Waals surface area contributed by atoms with Crippen molar-refractivity contribution in [1.29, 1.82) is 0 Å². The Hall–Kier alpha value is -2.64. The van der Waals surface area contributed by atoms with Gasteiger partial charge in [-0.2, -0.15) is 4.98 Å². The van der Waals surface area contributed by atoms with Gasteiger partial charge in [0.15, 0.2) is 5.16 Å². The van der Waals surface area contributed by atoms with Crippen molar-refractivity contribution in [2.75, 3.05) is 0 Å². The van der Waals surface area contributed by atoms with Crippen molar-refractivity contribution < 1.29 is 4.52 Å². The lowest BCUT2D eigenvalue weighted by Crippen LogP contribution is -2.01. The second kappa shape index (κ2) is 7.41. The smallest absolute Gasteiger partial charge is 0.237 e. The van der Waals surface area contributed by atoms with Crippen LogP contribution in [0.1, 0.15) is 30.5 Å². The van der Waals surface area contributed by atoms with Crippen molar-refractivity contribution in [3.05, 3.63) is 71.3 Å². The lowest BCUT2D eigenvalue weighted by atomic mass is 10.2. The normalized spacial score (nSPS) is 13.8. The third-order valence-corrected chi connectivity index (χ3v) is 5.64. The summed E-state index contributed by atoms with van der Waals surface area (Å²) in [6, 6.07) is 17.6. The standard InChI is InChI=1S/C20H16ClN5OS/c21-15-6-4-5-14(11-15)18-22-17(27-25-18)12-28-20-24-23-19(13-9-10-13)26(20)16-7-2-1-3-8-16/h1-8,11,13H,9-10,12H2. The zero-order valence-electron chi connectivity index (χ0n) is 14.8. The number of para-hydroxylation sites is 1. The van der Waals surface area contributed by atoms with Gasteiger partial charge in [-0.15, -0.1) is 10.2 Å². The zero-order chi connectivity index (χ0) is 18.9. The Bertz CT molecular complexity index is 1110. The maximum absolute atomic E-state index is 6.04. The van der Waals surface area contributed by atoms with Crippen LogP contribution < -0.4 is 0 Å². The van der Waals surface area contributed by atoms with Gasteiger partial charge in [0.2, 0.25) is 11.7 Å². The van der Waals surface area contributed by atoms with E-state index in [2.05, 4.69) is 37.0 Å². The number of hydrogen-bond acceptors (Lipinski definition) is 6. The summed E-state index contributed by atoms with van der Waals surface area (Å²) in [6.07, 6.45) is 2.34. The minimum Gasteiger partial charge on any atom is -0.338 e. The first-order valence-corrected chi connectivity index (χ1v) is 10.4. The maximum atomic E-state index is 6.04. The first-order valence-electron chi connectivity index (χ1n) is 9.00. The predicted molar refractivity (Wildman–Crippen MR) is 108 cm³/mol. The van der Waals surface area contributed by atoms with Crippen molar-refractivity contribution >= 4 is 23.4 Å². The van der Waals surface area contributed by atoms with E-state index < -0.39 is 0 Å². The summed E-state index contributed by atoms with van der Waals surface area (Å²) in [5.41, 5.74) is 1.90. The third-order valence-electron chi connectivity index (χ3n) is 4.49. The van der Waals surface area contributed by atoms with Crippen molar-refractivity contribution in [1.82, 2.24) is 24.9 Å². The molecule has 4 aromatic rings. The molecule has 0 bridgehead atoms. The fourth-order valence-corrected chi connectivity index (χ4v) is 3.97. The Balaban J connectivity index is 1.38. The highest BCUT2D eigenvalue weighted by Gasteiger charge is 2.31. The number of benzene rings is 2. The van der Waals surface area contributed by atoms with Gasteiger partial charge in [-0.1, -0.05) is 58.9 Å². The highest BCUT2D eigenvalue weighted by Crippen LogP contribution is 2.41. The molecule has 6 nitrogen and oxygen atoms in total. The van der Waals surface area contributed by atoms with Crippen molar-refractivity contribution in [2.45, 2.75) is 29.7 Å². The van der Waals surface area contributed by atoms with Gasteiger partial charge in [0, 0.05) is 22.2 Å².